The van der Waals surface area contributed by atoms with E-state index in [0.717, 1.165) is 0 Å². The Morgan fingerprint density at radius 3 is 2.81 bits per heavy atom. The van der Waals surface area contributed by atoms with Gasteiger partial charge >= 0.3 is 0 Å². The third-order valence-corrected chi connectivity index (χ3v) is 2.67. The van der Waals surface area contributed by atoms with Crippen molar-refractivity contribution >= 4 is 17.3 Å². The number of tetrazole rings is 1. The van der Waals surface area contributed by atoms with Crippen LogP contribution in [0.4, 0.5) is 11.4 Å². The summed E-state index contributed by atoms with van der Waals surface area (Å²) >= 11 is 0. The number of nitro groups is 1. The van der Waals surface area contributed by atoms with Gasteiger partial charge in [0.05, 0.1) is 11.5 Å². The Morgan fingerprint density at radius 2 is 2.24 bits per heavy atom. The van der Waals surface area contributed by atoms with Crippen molar-refractivity contribution < 1.29 is 9.72 Å². The fourth-order valence-electron chi connectivity index (χ4n) is 1.66. The highest BCUT2D eigenvalue weighted by Crippen LogP contribution is 2.26. The van der Waals surface area contributed by atoms with Gasteiger partial charge in [0, 0.05) is 25.7 Å². The van der Waals surface area contributed by atoms with Crippen molar-refractivity contribution in [2.24, 2.45) is 0 Å². The molecule has 0 spiro atoms. The second-order valence-corrected chi connectivity index (χ2v) is 4.37. The second-order valence-electron chi connectivity index (χ2n) is 4.37. The van der Waals surface area contributed by atoms with Gasteiger partial charge in [-0.1, -0.05) is 5.21 Å². The van der Waals surface area contributed by atoms with Gasteiger partial charge in [0.1, 0.15) is 5.69 Å². The van der Waals surface area contributed by atoms with E-state index in [1.165, 1.54) is 23.1 Å². The maximum Gasteiger partial charge on any atom is 0.293 e. The number of carbonyl (C=O) groups excluding carboxylic acids is 1. The number of nitrogens with zero attached hydrogens (tertiary/aromatic N) is 5. The summed E-state index contributed by atoms with van der Waals surface area (Å²) in [6.07, 6.45) is 0. The van der Waals surface area contributed by atoms with Crippen LogP contribution in [-0.2, 0) is 6.54 Å². The normalized spacial score (nSPS) is 10.2. The molecule has 1 aromatic carbocycles. The van der Waals surface area contributed by atoms with E-state index in [9.17, 15) is 14.9 Å². The van der Waals surface area contributed by atoms with Crippen molar-refractivity contribution in [3.63, 3.8) is 0 Å². The Morgan fingerprint density at radius 1 is 1.48 bits per heavy atom. The molecule has 0 aliphatic rings. The van der Waals surface area contributed by atoms with Gasteiger partial charge in [0.15, 0.2) is 5.82 Å². The van der Waals surface area contributed by atoms with Gasteiger partial charge in [-0.15, -0.1) is 10.2 Å². The number of nitrogens with one attached hydrogen (secondary N) is 2. The molecular formula is C11H13N7O3. The molecule has 110 valence electrons. The summed E-state index contributed by atoms with van der Waals surface area (Å²) in [7, 11) is 3.16. The summed E-state index contributed by atoms with van der Waals surface area (Å²) in [6, 6.07) is 4.24. The minimum absolute atomic E-state index is 0.179. The van der Waals surface area contributed by atoms with Gasteiger partial charge in [-0.2, -0.15) is 5.21 Å². The number of hydrogen-bond donors (Lipinski definition) is 2. The van der Waals surface area contributed by atoms with Crippen LogP contribution in [0, 0.1) is 10.1 Å². The number of aromatic amines is 1. The molecule has 1 aromatic heterocycles. The minimum atomic E-state index is -0.551. The van der Waals surface area contributed by atoms with Gasteiger partial charge < -0.3 is 10.2 Å². The molecule has 0 bridgehead atoms. The highest BCUT2D eigenvalue weighted by molar-refractivity contribution is 5.95. The molecule has 21 heavy (non-hydrogen) atoms. The minimum Gasteiger partial charge on any atom is -0.372 e. The zero-order valence-electron chi connectivity index (χ0n) is 11.4. The zero-order chi connectivity index (χ0) is 15.4. The fourth-order valence-corrected chi connectivity index (χ4v) is 1.66. The number of H-pyrrole nitrogens is 1. The molecule has 2 rings (SSSR count). The monoisotopic (exact) mass is 291 g/mol. The zero-order valence-corrected chi connectivity index (χ0v) is 11.4. The van der Waals surface area contributed by atoms with E-state index in [1.807, 2.05) is 0 Å². The van der Waals surface area contributed by atoms with E-state index in [-0.39, 0.29) is 29.4 Å². The first-order chi connectivity index (χ1) is 9.99. The Hall–Kier alpha value is -3.04. The number of nitro benzene ring substituents is 1. The van der Waals surface area contributed by atoms with Crippen LogP contribution in [0.5, 0.6) is 0 Å². The molecular weight excluding hydrogens is 278 g/mol. The fraction of sp³-hybridized carbons (Fsp3) is 0.273. The van der Waals surface area contributed by atoms with E-state index in [4.69, 9.17) is 0 Å². The smallest absolute Gasteiger partial charge is 0.293 e. The maximum absolute atomic E-state index is 11.8. The van der Waals surface area contributed by atoms with E-state index < -0.39 is 4.92 Å². The van der Waals surface area contributed by atoms with Crippen LogP contribution in [0.2, 0.25) is 0 Å². The van der Waals surface area contributed by atoms with Crippen molar-refractivity contribution in [2.75, 3.05) is 19.4 Å². The molecule has 0 fully saturated rings. The molecule has 0 saturated carbocycles. The molecule has 2 N–H and O–H groups in total. The first-order valence-electron chi connectivity index (χ1n) is 5.95. The molecule has 0 aliphatic heterocycles. The molecule has 0 saturated heterocycles. The van der Waals surface area contributed by atoms with E-state index in [1.54, 1.807) is 14.1 Å². The van der Waals surface area contributed by atoms with Crippen molar-refractivity contribution in [1.82, 2.24) is 25.5 Å². The SMILES string of the molecule is CN(C)C(=O)c1ccc(NCc2nn[nH]n2)c([N+](=O)[O-])c1. The Balaban J connectivity index is 2.25. The van der Waals surface area contributed by atoms with Gasteiger partial charge in [0.2, 0.25) is 0 Å². The Labute approximate surface area is 119 Å². The van der Waals surface area contributed by atoms with E-state index in [2.05, 4.69) is 25.9 Å². The number of benzene rings is 1. The molecule has 10 nitrogen and oxygen atoms in total. The Kier molecular flexibility index (Phi) is 4.07. The lowest BCUT2D eigenvalue weighted by molar-refractivity contribution is -0.384. The molecule has 10 heteroatoms. The third-order valence-electron chi connectivity index (χ3n) is 2.67. The predicted molar refractivity (Wildman–Crippen MR) is 72.6 cm³/mol. The predicted octanol–water partition coefficient (Wildman–Crippen LogP) is 0.422. The van der Waals surface area contributed by atoms with Crippen LogP contribution < -0.4 is 5.32 Å². The number of rotatable bonds is 5. The highest BCUT2D eigenvalue weighted by atomic mass is 16.6. The maximum atomic E-state index is 11.8. The van der Waals surface area contributed by atoms with Crippen LogP contribution in [0.1, 0.15) is 16.2 Å². The van der Waals surface area contributed by atoms with Crippen molar-refractivity contribution in [2.45, 2.75) is 6.54 Å². The quantitative estimate of drug-likeness (QED) is 0.603. The van der Waals surface area contributed by atoms with E-state index in [0.29, 0.717) is 5.82 Å². The van der Waals surface area contributed by atoms with Crippen molar-refractivity contribution in [1.29, 1.82) is 0 Å². The van der Waals surface area contributed by atoms with Crippen molar-refractivity contribution in [3.8, 4) is 0 Å². The first-order valence-corrected chi connectivity index (χ1v) is 5.95. The average Bonchev–Trinajstić information content (AvgIpc) is 2.97. The topological polar surface area (TPSA) is 130 Å². The van der Waals surface area contributed by atoms with Gasteiger partial charge in [-0.05, 0) is 12.1 Å². The van der Waals surface area contributed by atoms with Crippen LogP contribution in [0.3, 0.4) is 0 Å². The molecule has 2 aromatic rings. The third kappa shape index (κ3) is 3.29. The molecule has 1 heterocycles. The number of amides is 1. The summed E-state index contributed by atoms with van der Waals surface area (Å²) in [6.45, 7) is 0.179. The average molecular weight is 291 g/mol. The van der Waals surface area contributed by atoms with Gasteiger partial charge in [0.25, 0.3) is 11.6 Å². The van der Waals surface area contributed by atoms with Crippen LogP contribution in [0.15, 0.2) is 18.2 Å². The van der Waals surface area contributed by atoms with E-state index >= 15 is 0 Å². The number of anilines is 1. The lowest BCUT2D eigenvalue weighted by Crippen LogP contribution is -2.21. The first kappa shape index (κ1) is 14.4. The molecule has 0 unspecified atom stereocenters. The summed E-state index contributed by atoms with van der Waals surface area (Å²) < 4.78 is 0. The molecule has 1 amide bonds. The molecule has 0 aliphatic carbocycles. The highest BCUT2D eigenvalue weighted by Gasteiger charge is 2.18. The number of carbonyl (C=O) groups is 1. The molecule has 0 radical (unpaired) electrons. The largest absolute Gasteiger partial charge is 0.372 e. The summed E-state index contributed by atoms with van der Waals surface area (Å²) in [4.78, 5) is 23.7. The van der Waals surface area contributed by atoms with Gasteiger partial charge in [-0.25, -0.2) is 0 Å². The lowest BCUT2D eigenvalue weighted by Gasteiger charge is -2.11. The summed E-state index contributed by atoms with van der Waals surface area (Å²) in [5, 5.41) is 27.1. The van der Waals surface area contributed by atoms with Crippen LogP contribution in [0.25, 0.3) is 0 Å². The van der Waals surface area contributed by atoms with Crippen molar-refractivity contribution in [3.05, 3.63) is 39.7 Å². The number of aromatic nitrogens is 4. The van der Waals surface area contributed by atoms with Gasteiger partial charge in [-0.3, -0.25) is 14.9 Å². The van der Waals surface area contributed by atoms with Crippen LogP contribution >= 0.6 is 0 Å². The number of hydrogen-bond acceptors (Lipinski definition) is 7. The lowest BCUT2D eigenvalue weighted by atomic mass is 10.1. The summed E-state index contributed by atoms with van der Waals surface area (Å²) in [5.41, 5.74) is 0.336. The summed E-state index contributed by atoms with van der Waals surface area (Å²) in [5.74, 6) is 0.0700. The molecule has 0 atom stereocenters. The second kappa shape index (κ2) is 5.94. The van der Waals surface area contributed by atoms with Crippen LogP contribution in [-0.4, -0.2) is 50.4 Å². The standard InChI is InChI=1S/C11H13N7O3/c1-17(2)11(19)7-3-4-8(9(5-7)18(20)21)12-6-10-13-15-16-14-10/h3-5,12H,6H2,1-2H3,(H,13,14,15,16). The Bertz CT molecular complexity index is 654.